The largest absolute Gasteiger partial charge is 0.493 e. The van der Waals surface area contributed by atoms with Crippen molar-refractivity contribution < 1.29 is 14.0 Å². The van der Waals surface area contributed by atoms with E-state index in [1.165, 1.54) is 18.4 Å². The van der Waals surface area contributed by atoms with E-state index < -0.39 is 0 Å². The molecule has 5 nitrogen and oxygen atoms in total. The molecule has 0 unspecified atom stereocenters. The Morgan fingerprint density at radius 2 is 1.81 bits per heavy atom. The highest BCUT2D eigenvalue weighted by Crippen LogP contribution is 2.35. The number of aryl methyl sites for hydroxylation is 1. The molecule has 1 fully saturated rings. The van der Waals surface area contributed by atoms with Crippen LogP contribution in [0.4, 0.5) is 0 Å². The van der Waals surface area contributed by atoms with E-state index >= 15 is 0 Å². The third-order valence-corrected chi connectivity index (χ3v) is 5.08. The quantitative estimate of drug-likeness (QED) is 0.595. The minimum Gasteiger partial charge on any atom is -0.493 e. The van der Waals surface area contributed by atoms with Gasteiger partial charge in [-0.3, -0.25) is 0 Å². The summed E-state index contributed by atoms with van der Waals surface area (Å²) in [5.41, 5.74) is 3.21. The smallest absolute Gasteiger partial charge is 0.230 e. The summed E-state index contributed by atoms with van der Waals surface area (Å²) >= 11 is 0. The van der Waals surface area contributed by atoms with Crippen LogP contribution in [0.25, 0.3) is 11.4 Å². The summed E-state index contributed by atoms with van der Waals surface area (Å²) < 4.78 is 16.9. The van der Waals surface area contributed by atoms with Gasteiger partial charge in [-0.15, -0.1) is 0 Å². The molecule has 2 aromatic carbocycles. The number of benzene rings is 2. The highest BCUT2D eigenvalue weighted by Gasteiger charge is 2.23. The first kappa shape index (κ1) is 17.6. The lowest BCUT2D eigenvalue weighted by atomic mass is 10.1. The van der Waals surface area contributed by atoms with Gasteiger partial charge >= 0.3 is 0 Å². The summed E-state index contributed by atoms with van der Waals surface area (Å²) in [7, 11) is 1.64. The van der Waals surface area contributed by atoms with Crippen molar-refractivity contribution in [1.82, 2.24) is 10.1 Å². The first-order chi connectivity index (χ1) is 13.2. The number of methoxy groups -OCH3 is 1. The van der Waals surface area contributed by atoms with Crippen molar-refractivity contribution in [3.63, 3.8) is 0 Å². The number of hydrogen-bond acceptors (Lipinski definition) is 5. The van der Waals surface area contributed by atoms with E-state index in [0.717, 1.165) is 29.9 Å². The van der Waals surface area contributed by atoms with Crippen LogP contribution in [-0.4, -0.2) is 17.3 Å². The van der Waals surface area contributed by atoms with E-state index in [4.69, 9.17) is 14.0 Å². The molecule has 1 aliphatic carbocycles. The second-order valence-corrected chi connectivity index (χ2v) is 7.08. The van der Waals surface area contributed by atoms with Crippen LogP contribution >= 0.6 is 0 Å². The van der Waals surface area contributed by atoms with Crippen LogP contribution in [0.5, 0.6) is 11.5 Å². The predicted molar refractivity (Wildman–Crippen MR) is 103 cm³/mol. The van der Waals surface area contributed by atoms with Crippen LogP contribution in [0.3, 0.4) is 0 Å². The molecular weight excluding hydrogens is 340 g/mol. The number of aromatic nitrogens is 2. The monoisotopic (exact) mass is 364 g/mol. The lowest BCUT2D eigenvalue weighted by molar-refractivity contribution is 0.284. The summed E-state index contributed by atoms with van der Waals surface area (Å²) in [5, 5.41) is 4.16. The molecule has 4 rings (SSSR count). The molecule has 1 saturated carbocycles. The Morgan fingerprint density at radius 3 is 2.56 bits per heavy atom. The third kappa shape index (κ3) is 3.97. The highest BCUT2D eigenvalue weighted by atomic mass is 16.5. The lowest BCUT2D eigenvalue weighted by Crippen LogP contribution is -1.98. The van der Waals surface area contributed by atoms with Gasteiger partial charge in [0, 0.05) is 11.5 Å². The van der Waals surface area contributed by atoms with Crippen molar-refractivity contribution in [2.45, 2.75) is 45.1 Å². The molecule has 0 atom stereocenters. The maximum atomic E-state index is 5.94. The Bertz CT molecular complexity index is 896. The van der Waals surface area contributed by atoms with Gasteiger partial charge in [-0.1, -0.05) is 47.8 Å². The molecule has 0 spiro atoms. The maximum Gasteiger partial charge on any atom is 0.230 e. The summed E-state index contributed by atoms with van der Waals surface area (Å²) in [6.45, 7) is 2.56. The van der Waals surface area contributed by atoms with Crippen molar-refractivity contribution in [3.8, 4) is 22.9 Å². The van der Waals surface area contributed by atoms with E-state index in [2.05, 4.69) is 41.3 Å². The molecule has 0 aliphatic heterocycles. The van der Waals surface area contributed by atoms with Gasteiger partial charge in [-0.25, -0.2) is 0 Å². The highest BCUT2D eigenvalue weighted by molar-refractivity contribution is 5.60. The molecule has 140 valence electrons. The minimum absolute atomic E-state index is 0.408. The van der Waals surface area contributed by atoms with Crippen LogP contribution in [0.1, 0.15) is 48.6 Å². The van der Waals surface area contributed by atoms with Crippen LogP contribution in [0.15, 0.2) is 47.0 Å². The van der Waals surface area contributed by atoms with Gasteiger partial charge in [0.05, 0.1) is 7.11 Å². The molecule has 3 aromatic rings. The zero-order chi connectivity index (χ0) is 18.6. The Morgan fingerprint density at radius 1 is 1.04 bits per heavy atom. The Hall–Kier alpha value is -2.82. The first-order valence-corrected chi connectivity index (χ1v) is 9.43. The van der Waals surface area contributed by atoms with Crippen LogP contribution < -0.4 is 9.47 Å². The third-order valence-electron chi connectivity index (χ3n) is 5.08. The van der Waals surface area contributed by atoms with E-state index in [0.29, 0.717) is 29.8 Å². The molecule has 0 bridgehead atoms. The molecule has 0 amide bonds. The van der Waals surface area contributed by atoms with E-state index in [1.807, 2.05) is 18.2 Å². The predicted octanol–water partition coefficient (Wildman–Crippen LogP) is 5.29. The SMILES string of the molecule is COc1cc(-c2noc(C3CCCC3)n2)ccc1OCc1ccc(C)cc1. The first-order valence-electron chi connectivity index (χ1n) is 9.43. The van der Waals surface area contributed by atoms with Crippen molar-refractivity contribution in [2.24, 2.45) is 0 Å². The van der Waals surface area contributed by atoms with E-state index in [-0.39, 0.29) is 0 Å². The summed E-state index contributed by atoms with van der Waals surface area (Å²) in [4.78, 5) is 4.60. The Labute approximate surface area is 159 Å². The van der Waals surface area contributed by atoms with Crippen molar-refractivity contribution in [3.05, 3.63) is 59.5 Å². The molecule has 1 heterocycles. The van der Waals surface area contributed by atoms with E-state index in [9.17, 15) is 0 Å². The van der Waals surface area contributed by atoms with Crippen molar-refractivity contribution in [2.75, 3.05) is 7.11 Å². The summed E-state index contributed by atoms with van der Waals surface area (Å²) in [6, 6.07) is 14.0. The second-order valence-electron chi connectivity index (χ2n) is 7.08. The average molecular weight is 364 g/mol. The van der Waals surface area contributed by atoms with Gasteiger partial charge in [0.15, 0.2) is 11.5 Å². The summed E-state index contributed by atoms with van der Waals surface area (Å²) in [6.07, 6.45) is 4.75. The standard InChI is InChI=1S/C22H24N2O3/c1-15-7-9-16(10-8-15)14-26-19-12-11-18(13-20(19)25-2)21-23-22(27-24-21)17-5-3-4-6-17/h7-13,17H,3-6,14H2,1-2H3. The fourth-order valence-corrected chi connectivity index (χ4v) is 3.46. The Kier molecular flexibility index (Phi) is 5.10. The second kappa shape index (κ2) is 7.82. The number of rotatable bonds is 6. The molecule has 0 N–H and O–H groups in total. The average Bonchev–Trinajstić information content (AvgIpc) is 3.39. The van der Waals surface area contributed by atoms with Gasteiger partial charge in [0.25, 0.3) is 0 Å². The number of ether oxygens (including phenoxy) is 2. The van der Waals surface area contributed by atoms with Crippen molar-refractivity contribution in [1.29, 1.82) is 0 Å². The zero-order valence-corrected chi connectivity index (χ0v) is 15.8. The van der Waals surface area contributed by atoms with Crippen molar-refractivity contribution >= 4 is 0 Å². The van der Waals surface area contributed by atoms with Crippen LogP contribution in [0.2, 0.25) is 0 Å². The number of hydrogen-bond donors (Lipinski definition) is 0. The summed E-state index contributed by atoms with van der Waals surface area (Å²) in [5.74, 6) is 3.11. The molecule has 5 heteroatoms. The molecule has 0 saturated heterocycles. The van der Waals surface area contributed by atoms with E-state index in [1.54, 1.807) is 7.11 Å². The Balaban J connectivity index is 1.50. The lowest BCUT2D eigenvalue weighted by Gasteiger charge is -2.11. The topological polar surface area (TPSA) is 57.4 Å². The minimum atomic E-state index is 0.408. The van der Waals surface area contributed by atoms with Gasteiger partial charge in [-0.05, 0) is 43.5 Å². The molecule has 0 radical (unpaired) electrons. The molecule has 27 heavy (non-hydrogen) atoms. The normalized spacial score (nSPS) is 14.4. The van der Waals surface area contributed by atoms with Crippen LogP contribution in [0, 0.1) is 6.92 Å². The van der Waals surface area contributed by atoms with Gasteiger partial charge in [0.2, 0.25) is 11.7 Å². The fourth-order valence-electron chi connectivity index (χ4n) is 3.46. The van der Waals surface area contributed by atoms with Gasteiger partial charge in [-0.2, -0.15) is 4.98 Å². The van der Waals surface area contributed by atoms with Gasteiger partial charge in [0.1, 0.15) is 6.61 Å². The molecule has 1 aromatic heterocycles. The van der Waals surface area contributed by atoms with Gasteiger partial charge < -0.3 is 14.0 Å². The van der Waals surface area contributed by atoms with Crippen LogP contribution in [-0.2, 0) is 6.61 Å². The fraction of sp³-hybridized carbons (Fsp3) is 0.364. The maximum absolute atomic E-state index is 5.94. The number of nitrogens with zero attached hydrogens (tertiary/aromatic N) is 2. The zero-order valence-electron chi connectivity index (χ0n) is 15.8. The molecular formula is C22H24N2O3. The molecule has 1 aliphatic rings.